The van der Waals surface area contributed by atoms with Gasteiger partial charge in [0.05, 0.1) is 15.4 Å². The molecule has 0 spiro atoms. The van der Waals surface area contributed by atoms with Crippen molar-refractivity contribution in [3.05, 3.63) is 58.9 Å². The molecule has 4 heteroatoms. The third-order valence-corrected chi connectivity index (χ3v) is 9.53. The van der Waals surface area contributed by atoms with Gasteiger partial charge < -0.3 is 10.5 Å². The van der Waals surface area contributed by atoms with Crippen molar-refractivity contribution in [2.45, 2.75) is 86.6 Å². The third-order valence-electron chi connectivity index (χ3n) is 8.48. The minimum Gasteiger partial charge on any atom is -0.667 e. The quantitative estimate of drug-likeness (QED) is 0.319. The van der Waals surface area contributed by atoms with Gasteiger partial charge in [-0.15, -0.1) is 6.92 Å². The Morgan fingerprint density at radius 3 is 1.85 bits per heavy atom. The molecule has 1 N–H and O–H groups in total. The summed E-state index contributed by atoms with van der Waals surface area (Å²) >= 11 is 0. The fourth-order valence-electron chi connectivity index (χ4n) is 7.51. The van der Waals surface area contributed by atoms with E-state index in [0.29, 0.717) is 26.3 Å². The van der Waals surface area contributed by atoms with Crippen molar-refractivity contribution in [3.63, 3.8) is 0 Å². The number of amides is 1. The summed E-state index contributed by atoms with van der Waals surface area (Å²) in [6, 6.07) is 10.6. The van der Waals surface area contributed by atoms with E-state index in [1.807, 2.05) is 0 Å². The van der Waals surface area contributed by atoms with E-state index in [1.165, 1.54) is 41.2 Å². The molecule has 0 heterocycles. The number of hydrogen-bond acceptors (Lipinski definition) is 1. The normalized spacial score (nSPS) is 35.5. The molecule has 3 unspecified atom stereocenters. The predicted octanol–water partition coefficient (Wildman–Crippen LogP) is 7.08. The Labute approximate surface area is 220 Å². The van der Waals surface area contributed by atoms with E-state index in [2.05, 4.69) is 84.5 Å². The second-order valence-corrected chi connectivity index (χ2v) is 13.0. The van der Waals surface area contributed by atoms with Gasteiger partial charge >= 0.3 is 21.7 Å². The molecule has 2 nitrogen and oxygen atoms in total. The molecule has 1 aromatic carbocycles. The second-order valence-electron chi connectivity index (χ2n) is 11.7. The van der Waals surface area contributed by atoms with Crippen molar-refractivity contribution in [3.8, 4) is 0 Å². The van der Waals surface area contributed by atoms with E-state index >= 15 is 0 Å². The molecule has 3 atom stereocenters. The molecule has 1 amide bonds. The van der Waals surface area contributed by atoms with Crippen LogP contribution in [0.25, 0.3) is 5.73 Å². The summed E-state index contributed by atoms with van der Waals surface area (Å²) in [6.07, 6.45) is 10.3. The van der Waals surface area contributed by atoms with Crippen LogP contribution >= 0.6 is 0 Å². The molecule has 0 saturated heterocycles. The Balaban J connectivity index is 0.000000186. The monoisotopic (exact) mass is 496 g/mol. The summed E-state index contributed by atoms with van der Waals surface area (Å²) < 4.78 is 0. The molecule has 0 aliphatic heterocycles. The average molecular weight is 497 g/mol. The van der Waals surface area contributed by atoms with Crippen molar-refractivity contribution in [1.82, 2.24) is 0 Å². The number of hydrogen-bond donors (Lipinski definition) is 0. The number of benzene rings is 1. The van der Waals surface area contributed by atoms with Crippen molar-refractivity contribution in [1.29, 1.82) is 0 Å². The Kier molecular flexibility index (Phi) is 9.27. The van der Waals surface area contributed by atoms with Gasteiger partial charge in [-0.2, -0.15) is 11.1 Å². The molecule has 6 rings (SSSR count). The first-order chi connectivity index (χ1) is 14.9. The third kappa shape index (κ3) is 6.41. The molecule has 5 aliphatic rings. The Bertz CT molecular complexity index is 887. The molecule has 4 saturated carbocycles. The number of carbonyl (C=O) groups excluding carboxylic acids is 1. The van der Waals surface area contributed by atoms with Crippen LogP contribution in [0.5, 0.6) is 0 Å². The average Bonchev–Trinajstić information content (AvgIpc) is 2.92. The van der Waals surface area contributed by atoms with Crippen LogP contribution in [0, 0.1) is 34.2 Å². The first-order valence-electron chi connectivity index (χ1n) is 12.3. The fourth-order valence-corrected chi connectivity index (χ4v) is 8.12. The van der Waals surface area contributed by atoms with Crippen molar-refractivity contribution >= 4 is 20.6 Å². The van der Waals surface area contributed by atoms with E-state index < -0.39 is 0 Å². The van der Waals surface area contributed by atoms with E-state index in [4.69, 9.17) is 5.73 Å². The first kappa shape index (κ1) is 28.3. The van der Waals surface area contributed by atoms with Gasteiger partial charge in [-0.25, -0.2) is 5.57 Å². The maximum atomic E-state index is 11.6. The number of rotatable bonds is 2. The summed E-state index contributed by atoms with van der Waals surface area (Å²) in [5, 5.41) is 1.49. The van der Waals surface area contributed by atoms with Crippen LogP contribution in [-0.2, 0) is 26.5 Å². The standard InChI is InChI=1S/C13H21NO.C9H13.C7H9Si.Ti/c1-11-3-9-4-12(2,6-11)8-13(5-9,7-11)10(14)15;1-6-5-7(2)9(4)8(6)3;1-8-7-5-3-2-4-6-7;/h9H,3-8H2,1-2H3,(H2,14,15);6H,1-4H3;2-6,8H,1H3;/q;-1;;+2/p-1. The molecule has 4 fully saturated rings. The van der Waals surface area contributed by atoms with Gasteiger partial charge in [0, 0.05) is 5.41 Å². The smallest absolute Gasteiger partial charge is 0.667 e. The SMILES string of the molecule is CC12CC3CC(C)(C1)CC(C([NH-])=O)(C3)C2.CC1=[C-]C(C)C(C)=C1C.C[SiH]c1ccccc1.[Ti+2]. The largest absolute Gasteiger partial charge is 2.00 e. The topological polar surface area (TPSA) is 40.9 Å². The molecule has 4 bridgehead atoms. The summed E-state index contributed by atoms with van der Waals surface area (Å²) in [4.78, 5) is 11.6. The zero-order valence-corrected chi connectivity index (χ0v) is 24.5. The Morgan fingerprint density at radius 2 is 1.55 bits per heavy atom. The first-order valence-corrected chi connectivity index (χ1v) is 14.0. The van der Waals surface area contributed by atoms with Crippen LogP contribution in [0.15, 0.2) is 47.1 Å². The van der Waals surface area contributed by atoms with E-state index in [-0.39, 0.29) is 33.0 Å². The maximum absolute atomic E-state index is 11.6. The predicted molar refractivity (Wildman–Crippen MR) is 138 cm³/mol. The zero-order valence-electron chi connectivity index (χ0n) is 21.8. The number of allylic oxidation sites excluding steroid dienone is 4. The van der Waals surface area contributed by atoms with Gasteiger partial charge in [0.2, 0.25) is 0 Å². The summed E-state index contributed by atoms with van der Waals surface area (Å²) in [5.41, 5.74) is 12.3. The molecule has 0 aromatic heterocycles. The van der Waals surface area contributed by atoms with Crippen LogP contribution in [-0.4, -0.2) is 15.4 Å². The van der Waals surface area contributed by atoms with Gasteiger partial charge in [0.1, 0.15) is 0 Å². The van der Waals surface area contributed by atoms with Gasteiger partial charge in [-0.05, 0) is 55.3 Å². The summed E-state index contributed by atoms with van der Waals surface area (Å²) in [5.74, 6) is 1.01. The van der Waals surface area contributed by atoms with Crippen LogP contribution in [0.1, 0.15) is 80.1 Å². The fraction of sp³-hybridized carbons (Fsp3) is 0.621. The molecular weight excluding hydrogens is 454 g/mol. The minimum absolute atomic E-state index is 0. The Hall–Kier alpha value is -0.899. The van der Waals surface area contributed by atoms with E-state index in [9.17, 15) is 4.79 Å². The minimum atomic E-state index is -0.274. The van der Waals surface area contributed by atoms with Crippen LogP contribution in [0.3, 0.4) is 0 Å². The number of carbonyl (C=O) groups is 1. The van der Waals surface area contributed by atoms with E-state index in [1.54, 1.807) is 0 Å². The molecular formula is C29H42NOSiTi. The molecule has 1 aromatic rings. The van der Waals surface area contributed by atoms with Crippen molar-refractivity contribution in [2.24, 2.45) is 28.1 Å². The van der Waals surface area contributed by atoms with Crippen molar-refractivity contribution in [2.75, 3.05) is 0 Å². The van der Waals surface area contributed by atoms with Gasteiger partial charge in [0.25, 0.3) is 0 Å². The van der Waals surface area contributed by atoms with Crippen LogP contribution in [0.2, 0.25) is 6.55 Å². The summed E-state index contributed by atoms with van der Waals surface area (Å²) in [6.45, 7) is 15.6. The van der Waals surface area contributed by atoms with E-state index in [0.717, 1.165) is 25.2 Å². The second kappa shape index (κ2) is 10.8. The molecule has 1 radical (unpaired) electrons. The molecule has 5 aliphatic carbocycles. The van der Waals surface area contributed by atoms with Gasteiger partial charge in [-0.3, -0.25) is 6.08 Å². The molecule has 177 valence electrons. The van der Waals surface area contributed by atoms with Crippen LogP contribution in [0.4, 0.5) is 0 Å². The number of nitrogens with one attached hydrogen (secondary N) is 1. The zero-order chi connectivity index (χ0) is 23.7. The van der Waals surface area contributed by atoms with Gasteiger partial charge in [0.15, 0.2) is 0 Å². The maximum Gasteiger partial charge on any atom is 2.00 e. The summed E-state index contributed by atoms with van der Waals surface area (Å²) in [7, 11) is 0.511. The van der Waals surface area contributed by atoms with Crippen molar-refractivity contribution < 1.29 is 26.5 Å². The Morgan fingerprint density at radius 1 is 1.00 bits per heavy atom. The van der Waals surface area contributed by atoms with Gasteiger partial charge in [-0.1, -0.05) is 82.6 Å². The van der Waals surface area contributed by atoms with Crippen LogP contribution < -0.4 is 5.19 Å². The molecule has 33 heavy (non-hydrogen) atoms.